The van der Waals surface area contributed by atoms with Crippen molar-refractivity contribution in [2.24, 2.45) is 0 Å². The highest BCUT2D eigenvalue weighted by atomic mass is 16.6. The van der Waals surface area contributed by atoms with Gasteiger partial charge in [-0.25, -0.2) is 4.79 Å². The van der Waals surface area contributed by atoms with E-state index in [1.165, 1.54) is 6.92 Å². The standard InChI is InChI=1S/C6H12O4/c1-3-5(7)10-4(2)6(8)9/h4-5,7H,3H2,1-2H3,(H,8,9). The van der Waals surface area contributed by atoms with E-state index >= 15 is 0 Å². The largest absolute Gasteiger partial charge is 0.479 e. The minimum Gasteiger partial charge on any atom is -0.479 e. The Labute approximate surface area is 59.4 Å². The Bertz CT molecular complexity index is 112. The first-order valence-corrected chi connectivity index (χ1v) is 3.14. The third kappa shape index (κ3) is 3.42. The van der Waals surface area contributed by atoms with Crippen LogP contribution in [0.15, 0.2) is 0 Å². The van der Waals surface area contributed by atoms with E-state index in [1.54, 1.807) is 6.92 Å². The molecule has 0 amide bonds. The molecule has 0 saturated carbocycles. The van der Waals surface area contributed by atoms with Crippen LogP contribution in [0.3, 0.4) is 0 Å². The quantitative estimate of drug-likeness (QED) is 0.559. The van der Waals surface area contributed by atoms with Crippen molar-refractivity contribution < 1.29 is 19.7 Å². The number of ether oxygens (including phenoxy) is 1. The first-order valence-electron chi connectivity index (χ1n) is 3.14. The molecule has 0 bridgehead atoms. The molecule has 60 valence electrons. The van der Waals surface area contributed by atoms with Gasteiger partial charge in [-0.2, -0.15) is 0 Å². The Morgan fingerprint density at radius 3 is 2.50 bits per heavy atom. The van der Waals surface area contributed by atoms with E-state index in [-0.39, 0.29) is 0 Å². The molecular weight excluding hydrogens is 136 g/mol. The first kappa shape index (κ1) is 9.39. The summed E-state index contributed by atoms with van der Waals surface area (Å²) in [6, 6.07) is 0. The van der Waals surface area contributed by atoms with Crippen LogP contribution >= 0.6 is 0 Å². The van der Waals surface area contributed by atoms with Crippen LogP contribution in [0.25, 0.3) is 0 Å². The molecular formula is C6H12O4. The van der Waals surface area contributed by atoms with E-state index < -0.39 is 18.4 Å². The monoisotopic (exact) mass is 148 g/mol. The second kappa shape index (κ2) is 4.24. The van der Waals surface area contributed by atoms with Crippen molar-refractivity contribution in [3.05, 3.63) is 0 Å². The van der Waals surface area contributed by atoms with E-state index in [2.05, 4.69) is 4.74 Å². The second-order valence-corrected chi connectivity index (χ2v) is 1.98. The van der Waals surface area contributed by atoms with Gasteiger partial charge in [-0.15, -0.1) is 0 Å². The summed E-state index contributed by atoms with van der Waals surface area (Å²) in [4.78, 5) is 10.1. The summed E-state index contributed by atoms with van der Waals surface area (Å²) >= 11 is 0. The Morgan fingerprint density at radius 1 is 1.70 bits per heavy atom. The summed E-state index contributed by atoms with van der Waals surface area (Å²) in [5, 5.41) is 17.1. The van der Waals surface area contributed by atoms with E-state index in [4.69, 9.17) is 10.2 Å². The number of hydrogen-bond acceptors (Lipinski definition) is 3. The van der Waals surface area contributed by atoms with Crippen molar-refractivity contribution >= 4 is 5.97 Å². The van der Waals surface area contributed by atoms with Crippen molar-refractivity contribution in [1.82, 2.24) is 0 Å². The molecule has 0 aliphatic carbocycles. The lowest BCUT2D eigenvalue weighted by molar-refractivity contribution is -0.172. The van der Waals surface area contributed by atoms with Gasteiger partial charge in [0.2, 0.25) is 0 Å². The van der Waals surface area contributed by atoms with Gasteiger partial charge in [0, 0.05) is 0 Å². The molecule has 2 atom stereocenters. The summed E-state index contributed by atoms with van der Waals surface area (Å²) < 4.78 is 4.62. The maximum absolute atomic E-state index is 10.1. The van der Waals surface area contributed by atoms with Crippen molar-refractivity contribution in [3.8, 4) is 0 Å². The molecule has 0 aliphatic heterocycles. The predicted octanol–water partition coefficient (Wildman–Crippen LogP) is 0.204. The minimum absolute atomic E-state index is 0.400. The van der Waals surface area contributed by atoms with E-state index in [0.29, 0.717) is 6.42 Å². The van der Waals surface area contributed by atoms with E-state index in [0.717, 1.165) is 0 Å². The topological polar surface area (TPSA) is 66.8 Å². The van der Waals surface area contributed by atoms with Gasteiger partial charge in [0.15, 0.2) is 12.4 Å². The highest BCUT2D eigenvalue weighted by Crippen LogP contribution is 1.98. The summed E-state index contributed by atoms with van der Waals surface area (Å²) in [5.74, 6) is -1.06. The van der Waals surface area contributed by atoms with Gasteiger partial charge in [0.25, 0.3) is 0 Å². The van der Waals surface area contributed by atoms with Gasteiger partial charge >= 0.3 is 5.97 Å². The van der Waals surface area contributed by atoms with Crippen LogP contribution in [0, 0.1) is 0 Å². The molecule has 0 saturated heterocycles. The van der Waals surface area contributed by atoms with E-state index in [9.17, 15) is 4.79 Å². The number of carboxylic acid groups (broad SMARTS) is 1. The molecule has 0 fully saturated rings. The van der Waals surface area contributed by atoms with Crippen LogP contribution < -0.4 is 0 Å². The van der Waals surface area contributed by atoms with Crippen LogP contribution in [0.2, 0.25) is 0 Å². The van der Waals surface area contributed by atoms with Crippen LogP contribution in [0.5, 0.6) is 0 Å². The average Bonchev–Trinajstić information content (AvgIpc) is 1.87. The molecule has 0 aliphatic rings. The van der Waals surface area contributed by atoms with Gasteiger partial charge < -0.3 is 14.9 Å². The van der Waals surface area contributed by atoms with Crippen LogP contribution in [0.1, 0.15) is 20.3 Å². The lowest BCUT2D eigenvalue weighted by Gasteiger charge is -2.12. The Hall–Kier alpha value is -0.610. The number of hydrogen-bond donors (Lipinski definition) is 2. The smallest absolute Gasteiger partial charge is 0.332 e. The van der Waals surface area contributed by atoms with E-state index in [1.807, 2.05) is 0 Å². The lowest BCUT2D eigenvalue weighted by atomic mass is 10.4. The fraction of sp³-hybridized carbons (Fsp3) is 0.833. The lowest BCUT2D eigenvalue weighted by Crippen LogP contribution is -2.25. The molecule has 2 unspecified atom stereocenters. The highest BCUT2D eigenvalue weighted by Gasteiger charge is 2.14. The number of carboxylic acids is 1. The Kier molecular flexibility index (Phi) is 3.99. The number of rotatable bonds is 4. The van der Waals surface area contributed by atoms with Crippen LogP contribution in [-0.2, 0) is 9.53 Å². The maximum Gasteiger partial charge on any atom is 0.332 e. The second-order valence-electron chi connectivity index (χ2n) is 1.98. The molecule has 0 radical (unpaired) electrons. The predicted molar refractivity (Wildman–Crippen MR) is 34.5 cm³/mol. The molecule has 10 heavy (non-hydrogen) atoms. The summed E-state index contributed by atoms with van der Waals surface area (Å²) in [6.45, 7) is 3.08. The highest BCUT2D eigenvalue weighted by molar-refractivity contribution is 5.71. The molecule has 0 spiro atoms. The van der Waals surface area contributed by atoms with Gasteiger partial charge in [0.1, 0.15) is 0 Å². The molecule has 2 N–H and O–H groups in total. The fourth-order valence-corrected chi connectivity index (χ4v) is 0.390. The molecule has 0 aromatic rings. The maximum atomic E-state index is 10.1. The van der Waals surface area contributed by atoms with Gasteiger partial charge in [-0.05, 0) is 13.3 Å². The molecule has 4 heteroatoms. The number of aliphatic hydroxyl groups excluding tert-OH is 1. The summed E-state index contributed by atoms with van der Waals surface area (Å²) in [7, 11) is 0. The fourth-order valence-electron chi connectivity index (χ4n) is 0.390. The van der Waals surface area contributed by atoms with Gasteiger partial charge in [-0.3, -0.25) is 0 Å². The van der Waals surface area contributed by atoms with Crippen LogP contribution in [-0.4, -0.2) is 28.6 Å². The van der Waals surface area contributed by atoms with Gasteiger partial charge in [0.05, 0.1) is 0 Å². The zero-order chi connectivity index (χ0) is 8.15. The Morgan fingerprint density at radius 2 is 2.20 bits per heavy atom. The number of carbonyl (C=O) groups is 1. The van der Waals surface area contributed by atoms with Crippen molar-refractivity contribution in [2.45, 2.75) is 32.7 Å². The zero-order valence-electron chi connectivity index (χ0n) is 6.07. The third-order valence-electron chi connectivity index (χ3n) is 1.06. The van der Waals surface area contributed by atoms with Gasteiger partial charge in [-0.1, -0.05) is 6.92 Å². The normalized spacial score (nSPS) is 16.3. The van der Waals surface area contributed by atoms with Crippen molar-refractivity contribution in [3.63, 3.8) is 0 Å². The minimum atomic E-state index is -1.06. The van der Waals surface area contributed by atoms with Crippen molar-refractivity contribution in [1.29, 1.82) is 0 Å². The van der Waals surface area contributed by atoms with Crippen LogP contribution in [0.4, 0.5) is 0 Å². The molecule has 0 aromatic carbocycles. The summed E-state index contributed by atoms with van der Waals surface area (Å²) in [6.07, 6.45) is -1.50. The molecule has 0 rings (SSSR count). The molecule has 0 aromatic heterocycles. The first-order chi connectivity index (χ1) is 4.57. The Balaban J connectivity index is 3.56. The molecule has 0 heterocycles. The third-order valence-corrected chi connectivity index (χ3v) is 1.06. The SMILES string of the molecule is CCC(O)OC(C)C(=O)O. The zero-order valence-corrected chi connectivity index (χ0v) is 6.07. The van der Waals surface area contributed by atoms with Crippen molar-refractivity contribution in [2.75, 3.05) is 0 Å². The number of aliphatic hydroxyl groups is 1. The average molecular weight is 148 g/mol. The number of aliphatic carboxylic acids is 1. The molecule has 4 nitrogen and oxygen atoms in total. The summed E-state index contributed by atoms with van der Waals surface area (Å²) in [5.41, 5.74) is 0.